The van der Waals surface area contributed by atoms with Crippen molar-refractivity contribution in [3.05, 3.63) is 23.8 Å². The minimum Gasteiger partial charge on any atom is -0.490 e. The molecule has 0 atom stereocenters. The van der Waals surface area contributed by atoms with Crippen LogP contribution in [0.25, 0.3) is 0 Å². The highest BCUT2D eigenvalue weighted by molar-refractivity contribution is 5.54. The molecule has 0 saturated heterocycles. The minimum absolute atomic E-state index is 0.520. The predicted octanol–water partition coefficient (Wildman–Crippen LogP) is 2.23. The Labute approximate surface area is 85.1 Å². The van der Waals surface area contributed by atoms with E-state index in [1.54, 1.807) is 0 Å². The van der Waals surface area contributed by atoms with Crippen molar-refractivity contribution in [2.24, 2.45) is 0 Å². The van der Waals surface area contributed by atoms with E-state index in [0.29, 0.717) is 18.7 Å². The van der Waals surface area contributed by atoms with Crippen LogP contribution in [0.5, 0.6) is 5.75 Å². The van der Waals surface area contributed by atoms with Crippen molar-refractivity contribution in [2.45, 2.75) is 19.8 Å². The van der Waals surface area contributed by atoms with Crippen LogP contribution in [-0.2, 0) is 6.42 Å². The van der Waals surface area contributed by atoms with Crippen LogP contribution in [0.15, 0.2) is 18.2 Å². The third-order valence-corrected chi connectivity index (χ3v) is 1.99. The Balaban J connectivity index is 2.65. The number of nitrogens with two attached hydrogens (primary N) is 1. The Kier molecular flexibility index (Phi) is 3.87. The highest BCUT2D eigenvalue weighted by Crippen LogP contribution is 2.22. The second-order valence-electron chi connectivity index (χ2n) is 3.03. The van der Waals surface area contributed by atoms with Crippen LogP contribution >= 0.6 is 0 Å². The summed E-state index contributed by atoms with van der Waals surface area (Å²) in [6.07, 6.45) is 6.70. The molecule has 0 saturated carbocycles. The van der Waals surface area contributed by atoms with Crippen molar-refractivity contribution in [2.75, 3.05) is 12.3 Å². The number of ether oxygens (including phenoxy) is 1. The number of rotatable bonds is 4. The average Bonchev–Trinajstić information content (AvgIpc) is 2.20. The predicted molar refractivity (Wildman–Crippen MR) is 59.2 cm³/mol. The number of hydrogen-bond donors (Lipinski definition) is 1. The van der Waals surface area contributed by atoms with Crippen molar-refractivity contribution >= 4 is 5.69 Å². The summed E-state index contributed by atoms with van der Waals surface area (Å²) in [4.78, 5) is 0. The summed E-state index contributed by atoms with van der Waals surface area (Å²) in [6, 6.07) is 5.84. The molecule has 0 unspecified atom stereocenters. The Morgan fingerprint density at radius 3 is 2.86 bits per heavy atom. The highest BCUT2D eigenvalue weighted by atomic mass is 16.5. The van der Waals surface area contributed by atoms with E-state index in [-0.39, 0.29) is 0 Å². The molecule has 0 radical (unpaired) electrons. The topological polar surface area (TPSA) is 35.2 Å². The fourth-order valence-corrected chi connectivity index (χ4v) is 1.17. The fraction of sp³-hybridized carbons (Fsp3) is 0.333. The lowest BCUT2D eigenvalue weighted by molar-refractivity contribution is 0.329. The zero-order valence-corrected chi connectivity index (χ0v) is 8.42. The number of terminal acetylenes is 1. The molecule has 0 aliphatic carbocycles. The van der Waals surface area contributed by atoms with Crippen LogP contribution in [0.2, 0.25) is 0 Å². The Morgan fingerprint density at radius 1 is 1.50 bits per heavy atom. The first kappa shape index (κ1) is 10.5. The maximum Gasteiger partial charge on any atom is 0.142 e. The lowest BCUT2D eigenvalue weighted by Gasteiger charge is -2.08. The van der Waals surface area contributed by atoms with E-state index in [0.717, 1.165) is 12.2 Å². The molecule has 0 spiro atoms. The van der Waals surface area contributed by atoms with Gasteiger partial charge in [0.25, 0.3) is 0 Å². The molecule has 2 nitrogen and oxygen atoms in total. The lowest BCUT2D eigenvalue weighted by atomic mass is 10.1. The van der Waals surface area contributed by atoms with Gasteiger partial charge in [0.15, 0.2) is 0 Å². The van der Waals surface area contributed by atoms with E-state index in [4.69, 9.17) is 16.9 Å². The standard InChI is InChI=1S/C12H15NO/c1-3-5-8-14-12-7-6-10(4-2)9-11(12)13/h1,6-7,9H,4-5,8,13H2,2H3. The van der Waals surface area contributed by atoms with E-state index in [9.17, 15) is 0 Å². The largest absolute Gasteiger partial charge is 0.490 e. The van der Waals surface area contributed by atoms with Gasteiger partial charge in [0.1, 0.15) is 5.75 Å². The summed E-state index contributed by atoms with van der Waals surface area (Å²) < 4.78 is 5.41. The molecule has 1 aromatic rings. The van der Waals surface area contributed by atoms with Crippen LogP contribution < -0.4 is 10.5 Å². The monoisotopic (exact) mass is 189 g/mol. The summed E-state index contributed by atoms with van der Waals surface area (Å²) in [6.45, 7) is 2.61. The molecule has 0 aromatic heterocycles. The van der Waals surface area contributed by atoms with Crippen LogP contribution in [0.1, 0.15) is 18.9 Å². The molecule has 74 valence electrons. The molecule has 1 aromatic carbocycles. The molecule has 0 aliphatic rings. The molecule has 2 heteroatoms. The Bertz CT molecular complexity index is 339. The second-order valence-corrected chi connectivity index (χ2v) is 3.03. The third kappa shape index (κ3) is 2.70. The van der Waals surface area contributed by atoms with Crippen molar-refractivity contribution in [3.8, 4) is 18.1 Å². The summed E-state index contributed by atoms with van der Waals surface area (Å²) in [5.74, 6) is 3.23. The zero-order valence-electron chi connectivity index (χ0n) is 8.42. The van der Waals surface area contributed by atoms with Crippen LogP contribution in [-0.4, -0.2) is 6.61 Å². The summed E-state index contributed by atoms with van der Waals surface area (Å²) >= 11 is 0. The highest BCUT2D eigenvalue weighted by Gasteiger charge is 2.00. The van der Waals surface area contributed by atoms with Gasteiger partial charge in [-0.25, -0.2) is 0 Å². The van der Waals surface area contributed by atoms with Crippen LogP contribution in [0.3, 0.4) is 0 Å². The van der Waals surface area contributed by atoms with Gasteiger partial charge in [0.05, 0.1) is 12.3 Å². The molecule has 0 fully saturated rings. The number of aryl methyl sites for hydroxylation is 1. The smallest absolute Gasteiger partial charge is 0.142 e. The first-order valence-corrected chi connectivity index (χ1v) is 4.72. The molecule has 2 N–H and O–H groups in total. The molecular formula is C12H15NO. The SMILES string of the molecule is C#CCCOc1ccc(CC)cc1N. The van der Waals surface area contributed by atoms with E-state index in [2.05, 4.69) is 12.8 Å². The Hall–Kier alpha value is -1.62. The quantitative estimate of drug-likeness (QED) is 0.448. The van der Waals surface area contributed by atoms with E-state index < -0.39 is 0 Å². The zero-order chi connectivity index (χ0) is 10.4. The van der Waals surface area contributed by atoms with Crippen LogP contribution in [0.4, 0.5) is 5.69 Å². The van der Waals surface area contributed by atoms with Gasteiger partial charge in [-0.1, -0.05) is 13.0 Å². The normalized spacial score (nSPS) is 9.43. The molecule has 14 heavy (non-hydrogen) atoms. The fourth-order valence-electron chi connectivity index (χ4n) is 1.17. The Morgan fingerprint density at radius 2 is 2.29 bits per heavy atom. The molecule has 1 rings (SSSR count). The van der Waals surface area contributed by atoms with Crippen molar-refractivity contribution in [1.82, 2.24) is 0 Å². The summed E-state index contributed by atoms with van der Waals surface area (Å²) in [5, 5.41) is 0. The second kappa shape index (κ2) is 5.18. The number of hydrogen-bond acceptors (Lipinski definition) is 2. The van der Waals surface area contributed by atoms with E-state index in [1.165, 1.54) is 5.56 Å². The van der Waals surface area contributed by atoms with Gasteiger partial charge in [0, 0.05) is 6.42 Å². The van der Waals surface area contributed by atoms with Crippen molar-refractivity contribution in [1.29, 1.82) is 0 Å². The minimum atomic E-state index is 0.520. The van der Waals surface area contributed by atoms with Gasteiger partial charge in [0.2, 0.25) is 0 Å². The molecule has 0 heterocycles. The maximum absolute atomic E-state index is 5.80. The van der Waals surface area contributed by atoms with Crippen LogP contribution in [0, 0.1) is 12.3 Å². The number of nitrogen functional groups attached to an aromatic ring is 1. The van der Waals surface area contributed by atoms with Gasteiger partial charge in [-0.15, -0.1) is 12.3 Å². The van der Waals surface area contributed by atoms with Crippen molar-refractivity contribution in [3.63, 3.8) is 0 Å². The van der Waals surface area contributed by atoms with Crippen molar-refractivity contribution < 1.29 is 4.74 Å². The molecule has 0 amide bonds. The first-order valence-electron chi connectivity index (χ1n) is 4.72. The average molecular weight is 189 g/mol. The number of anilines is 1. The van der Waals surface area contributed by atoms with Gasteiger partial charge in [-0.3, -0.25) is 0 Å². The van der Waals surface area contributed by atoms with Gasteiger partial charge in [-0.2, -0.15) is 0 Å². The lowest BCUT2D eigenvalue weighted by Crippen LogP contribution is -1.99. The first-order chi connectivity index (χ1) is 6.77. The van der Waals surface area contributed by atoms with Gasteiger partial charge in [-0.05, 0) is 24.1 Å². The molecular weight excluding hydrogens is 174 g/mol. The summed E-state index contributed by atoms with van der Waals surface area (Å²) in [5.41, 5.74) is 7.70. The summed E-state index contributed by atoms with van der Waals surface area (Å²) in [7, 11) is 0. The van der Waals surface area contributed by atoms with Gasteiger partial charge < -0.3 is 10.5 Å². The molecule has 0 bridgehead atoms. The van der Waals surface area contributed by atoms with Gasteiger partial charge >= 0.3 is 0 Å². The molecule has 0 aliphatic heterocycles. The number of benzene rings is 1. The maximum atomic E-state index is 5.80. The third-order valence-electron chi connectivity index (χ3n) is 1.99. The van der Waals surface area contributed by atoms with E-state index >= 15 is 0 Å². The van der Waals surface area contributed by atoms with E-state index in [1.807, 2.05) is 18.2 Å².